The van der Waals surface area contributed by atoms with Crippen LogP contribution in [0.5, 0.6) is 0 Å². The lowest BCUT2D eigenvalue weighted by Crippen LogP contribution is -2.48. The van der Waals surface area contributed by atoms with Gasteiger partial charge in [-0.3, -0.25) is 9.59 Å². The number of carbonyl (C=O) groups is 4. The first-order valence-electron chi connectivity index (χ1n) is 17.3. The summed E-state index contributed by atoms with van der Waals surface area (Å²) in [7, 11) is 0. The van der Waals surface area contributed by atoms with Gasteiger partial charge in [0.05, 0.1) is 12.1 Å². The Bertz CT molecular complexity index is 1410. The van der Waals surface area contributed by atoms with Crippen LogP contribution in [0.1, 0.15) is 101 Å². The maximum Gasteiger partial charge on any atom is 0.511 e. The van der Waals surface area contributed by atoms with Crippen LogP contribution in [-0.4, -0.2) is 66.4 Å². The molecule has 10 nitrogen and oxygen atoms in total. The van der Waals surface area contributed by atoms with E-state index in [0.717, 1.165) is 50.5 Å². The van der Waals surface area contributed by atoms with Crippen molar-refractivity contribution in [1.82, 2.24) is 4.90 Å². The standard InChI is InChI=1S/C36H49FN2O8/c1-21(2)44-36(43)46-22(3)45-35(42)32-19-27-17-23(9-14-31(27)47-32)18-30(40)33-28(24-7-5-4-6-8-24)15-16-39(33)34(41)26-12-10-25(11-13-26)29(38)20-37/h9,14,17,19,21-22,24-26,28-29,33H,4-8,10-13,15-16,18,20,38H2,1-3H3/t22?,25?,26?,28-,29?,33-/m0/s1. The van der Waals surface area contributed by atoms with E-state index in [1.165, 1.54) is 19.4 Å². The maximum atomic E-state index is 14.2. The number of furan rings is 1. The smallest absolute Gasteiger partial charge is 0.449 e. The Kier molecular flexibility index (Phi) is 11.6. The minimum absolute atomic E-state index is 0.0290. The van der Waals surface area contributed by atoms with Gasteiger partial charge in [-0.15, -0.1) is 0 Å². The summed E-state index contributed by atoms with van der Waals surface area (Å²) in [5, 5.41) is 0.626. The molecule has 1 aliphatic heterocycles. The number of amides is 1. The van der Waals surface area contributed by atoms with Crippen LogP contribution in [0, 0.1) is 23.7 Å². The third-order valence-corrected chi connectivity index (χ3v) is 10.2. The first-order valence-corrected chi connectivity index (χ1v) is 17.3. The number of halogens is 1. The number of hydrogen-bond acceptors (Lipinski definition) is 9. The quantitative estimate of drug-likeness (QED) is 0.212. The van der Waals surface area contributed by atoms with E-state index in [1.807, 2.05) is 11.0 Å². The molecular weight excluding hydrogens is 607 g/mol. The number of likely N-dealkylation sites (tertiary alicyclic amines) is 1. The summed E-state index contributed by atoms with van der Waals surface area (Å²) >= 11 is 0. The number of esters is 1. The number of carbonyl (C=O) groups excluding carboxylic acids is 4. The molecule has 2 aliphatic carbocycles. The molecule has 2 heterocycles. The van der Waals surface area contributed by atoms with Crippen LogP contribution in [0.2, 0.25) is 0 Å². The van der Waals surface area contributed by atoms with Gasteiger partial charge in [0.15, 0.2) is 5.78 Å². The zero-order valence-electron chi connectivity index (χ0n) is 27.8. The molecule has 5 rings (SSSR count). The number of ketones is 1. The van der Waals surface area contributed by atoms with E-state index < -0.39 is 37.2 Å². The van der Waals surface area contributed by atoms with Crippen molar-refractivity contribution in [3.63, 3.8) is 0 Å². The normalized spacial score (nSPS) is 25.0. The molecule has 0 bridgehead atoms. The van der Waals surface area contributed by atoms with Gasteiger partial charge >= 0.3 is 12.1 Å². The summed E-state index contributed by atoms with van der Waals surface area (Å²) in [5.74, 6) is -0.280. The molecule has 2 unspecified atom stereocenters. The molecule has 1 aromatic carbocycles. The number of ether oxygens (including phenoxy) is 3. The zero-order chi connectivity index (χ0) is 33.7. The van der Waals surface area contributed by atoms with Gasteiger partial charge in [-0.25, -0.2) is 14.0 Å². The number of rotatable bonds is 11. The average Bonchev–Trinajstić information content (AvgIpc) is 3.69. The molecule has 258 valence electrons. The van der Waals surface area contributed by atoms with Crippen LogP contribution in [0.25, 0.3) is 11.0 Å². The molecule has 3 aliphatic rings. The Morgan fingerprint density at radius 3 is 2.34 bits per heavy atom. The molecule has 0 radical (unpaired) electrons. The Hall–Kier alpha value is -3.47. The minimum atomic E-state index is -1.19. The average molecular weight is 657 g/mol. The number of alkyl halides is 1. The van der Waals surface area contributed by atoms with E-state index in [1.54, 1.807) is 26.0 Å². The third kappa shape index (κ3) is 8.52. The molecule has 1 amide bonds. The van der Waals surface area contributed by atoms with Gasteiger partial charge in [-0.2, -0.15) is 0 Å². The molecule has 2 aromatic rings. The van der Waals surface area contributed by atoms with Crippen molar-refractivity contribution in [2.24, 2.45) is 29.4 Å². The van der Waals surface area contributed by atoms with Gasteiger partial charge in [0.25, 0.3) is 0 Å². The number of hydrogen-bond donors (Lipinski definition) is 1. The highest BCUT2D eigenvalue weighted by molar-refractivity contribution is 5.94. The summed E-state index contributed by atoms with van der Waals surface area (Å²) in [6, 6.07) is 5.93. The van der Waals surface area contributed by atoms with Crippen molar-refractivity contribution in [1.29, 1.82) is 0 Å². The van der Waals surface area contributed by atoms with E-state index in [4.69, 9.17) is 24.4 Å². The molecule has 2 saturated carbocycles. The molecule has 11 heteroatoms. The zero-order valence-corrected chi connectivity index (χ0v) is 27.8. The van der Waals surface area contributed by atoms with Crippen LogP contribution < -0.4 is 5.73 Å². The van der Waals surface area contributed by atoms with Gasteiger partial charge in [0.1, 0.15) is 12.3 Å². The van der Waals surface area contributed by atoms with Crippen molar-refractivity contribution >= 4 is 34.8 Å². The van der Waals surface area contributed by atoms with E-state index in [9.17, 15) is 23.6 Å². The van der Waals surface area contributed by atoms with Gasteiger partial charge in [-0.05, 0) is 87.5 Å². The molecule has 0 spiro atoms. The van der Waals surface area contributed by atoms with Crippen molar-refractivity contribution in [3.05, 3.63) is 35.6 Å². The maximum absolute atomic E-state index is 14.2. The van der Waals surface area contributed by atoms with E-state index in [0.29, 0.717) is 36.3 Å². The summed E-state index contributed by atoms with van der Waals surface area (Å²) in [6.45, 7) is 4.79. The highest BCUT2D eigenvalue weighted by Crippen LogP contribution is 2.41. The van der Waals surface area contributed by atoms with Gasteiger partial charge in [-0.1, -0.05) is 38.2 Å². The second kappa shape index (κ2) is 15.6. The second-order valence-electron chi connectivity index (χ2n) is 13.9. The monoisotopic (exact) mass is 656 g/mol. The van der Waals surface area contributed by atoms with Crippen LogP contribution in [0.15, 0.2) is 28.7 Å². The Morgan fingerprint density at radius 1 is 0.936 bits per heavy atom. The van der Waals surface area contributed by atoms with Crippen molar-refractivity contribution in [2.45, 2.75) is 116 Å². The predicted octanol–water partition coefficient (Wildman–Crippen LogP) is 6.51. The van der Waals surface area contributed by atoms with Gasteiger partial charge in [0, 0.05) is 37.2 Å². The number of fused-ring (bicyclic) bond motifs is 1. The van der Waals surface area contributed by atoms with E-state index >= 15 is 0 Å². The van der Waals surface area contributed by atoms with Crippen molar-refractivity contribution < 1.29 is 42.2 Å². The van der Waals surface area contributed by atoms with E-state index in [2.05, 4.69) is 0 Å². The van der Waals surface area contributed by atoms with Crippen LogP contribution >= 0.6 is 0 Å². The third-order valence-electron chi connectivity index (χ3n) is 10.2. The summed E-state index contributed by atoms with van der Waals surface area (Å²) < 4.78 is 33.9. The second-order valence-corrected chi connectivity index (χ2v) is 13.9. The molecule has 2 N–H and O–H groups in total. The summed E-state index contributed by atoms with van der Waals surface area (Å²) in [6.07, 6.45) is 7.00. The Balaban J connectivity index is 1.27. The van der Waals surface area contributed by atoms with Crippen LogP contribution in [-0.2, 0) is 30.2 Å². The van der Waals surface area contributed by atoms with Crippen molar-refractivity contribution in [2.75, 3.05) is 13.2 Å². The Labute approximate surface area is 275 Å². The predicted molar refractivity (Wildman–Crippen MR) is 172 cm³/mol. The first kappa shape index (κ1) is 34.9. The van der Waals surface area contributed by atoms with E-state index in [-0.39, 0.29) is 47.7 Å². The molecule has 47 heavy (non-hydrogen) atoms. The molecule has 4 atom stereocenters. The summed E-state index contributed by atoms with van der Waals surface area (Å²) in [4.78, 5) is 54.4. The Morgan fingerprint density at radius 2 is 1.66 bits per heavy atom. The lowest BCUT2D eigenvalue weighted by molar-refractivity contribution is -0.143. The van der Waals surface area contributed by atoms with Gasteiger partial charge in [0.2, 0.25) is 18.0 Å². The fraction of sp³-hybridized carbons (Fsp3) is 0.667. The number of nitrogens with two attached hydrogens (primary N) is 1. The lowest BCUT2D eigenvalue weighted by atomic mass is 9.75. The largest absolute Gasteiger partial charge is 0.511 e. The lowest BCUT2D eigenvalue weighted by Gasteiger charge is -2.37. The SMILES string of the molecule is CC(C)OC(=O)OC(C)OC(=O)c1cc2cc(CC(=O)[C@@H]3[C@H](C4CCCCC4)CCN3C(=O)C3CCC(C(N)CF)CC3)ccc2o1. The fourth-order valence-corrected chi connectivity index (χ4v) is 7.88. The van der Waals surface area contributed by atoms with Crippen LogP contribution in [0.3, 0.4) is 0 Å². The molecular formula is C36H49FN2O8. The number of nitrogens with zero attached hydrogens (tertiary/aromatic N) is 1. The first-order chi connectivity index (χ1) is 22.5. The topological polar surface area (TPSA) is 138 Å². The van der Waals surface area contributed by atoms with Crippen molar-refractivity contribution in [3.8, 4) is 0 Å². The fourth-order valence-electron chi connectivity index (χ4n) is 7.88. The molecule has 1 aromatic heterocycles. The highest BCUT2D eigenvalue weighted by atomic mass is 19.1. The molecule has 1 saturated heterocycles. The van der Waals surface area contributed by atoms with Crippen LogP contribution in [0.4, 0.5) is 9.18 Å². The molecule has 3 fully saturated rings. The number of Topliss-reactive ketones (excluding diaryl/α,β-unsaturated/α-hetero) is 1. The summed E-state index contributed by atoms with van der Waals surface area (Å²) in [5.41, 5.74) is 7.17. The van der Waals surface area contributed by atoms with Gasteiger partial charge < -0.3 is 29.3 Å². The number of benzene rings is 1. The highest BCUT2D eigenvalue weighted by Gasteiger charge is 2.46. The minimum Gasteiger partial charge on any atom is -0.449 e.